The Morgan fingerprint density at radius 1 is 1.56 bits per heavy atom. The van der Waals surface area contributed by atoms with E-state index in [2.05, 4.69) is 12.6 Å². The minimum Gasteiger partial charge on any atom is -0.463 e. The Morgan fingerprint density at radius 2 is 2.38 bits per heavy atom. The van der Waals surface area contributed by atoms with Crippen LogP contribution in [0.4, 0.5) is 0 Å². The zero-order valence-electron chi connectivity index (χ0n) is 9.62. The maximum absolute atomic E-state index is 11.8. The second kappa shape index (κ2) is 4.80. The van der Waals surface area contributed by atoms with Crippen LogP contribution in [0, 0.1) is 0 Å². The highest BCUT2D eigenvalue weighted by Gasteiger charge is 2.40. The van der Waals surface area contributed by atoms with Crippen molar-refractivity contribution in [2.45, 2.75) is 44.6 Å². The molecule has 0 bridgehead atoms. The molecule has 0 N–H and O–H groups in total. The average Bonchev–Trinajstić information content (AvgIpc) is 2.71. The first-order valence-electron chi connectivity index (χ1n) is 5.89. The molecule has 0 saturated carbocycles. The van der Waals surface area contributed by atoms with Crippen LogP contribution in [0.1, 0.15) is 39.0 Å². The van der Waals surface area contributed by atoms with Crippen LogP contribution in [0.5, 0.6) is 0 Å². The molecule has 1 spiro atoms. The number of thiol groups is 1. The van der Waals surface area contributed by atoms with Gasteiger partial charge in [-0.15, -0.1) is 12.6 Å². The average molecular weight is 242 g/mol. The van der Waals surface area contributed by atoms with Gasteiger partial charge in [0.25, 0.3) is 0 Å². The molecule has 0 radical (unpaired) electrons. The van der Waals surface area contributed by atoms with Gasteiger partial charge in [-0.05, 0) is 37.5 Å². The van der Waals surface area contributed by atoms with E-state index in [0.717, 1.165) is 42.8 Å². The number of carbonyl (C=O) groups is 1. The molecular weight excluding hydrogens is 224 g/mol. The number of hydrogen-bond acceptors (Lipinski definition) is 4. The van der Waals surface area contributed by atoms with Crippen molar-refractivity contribution in [3.63, 3.8) is 0 Å². The van der Waals surface area contributed by atoms with E-state index in [1.54, 1.807) is 0 Å². The lowest BCUT2D eigenvalue weighted by Crippen LogP contribution is -2.33. The minimum atomic E-state index is -0.220. The summed E-state index contributed by atoms with van der Waals surface area (Å²) in [5, 5.41) is 0. The van der Waals surface area contributed by atoms with E-state index in [9.17, 15) is 4.79 Å². The van der Waals surface area contributed by atoms with Crippen LogP contribution < -0.4 is 0 Å². The van der Waals surface area contributed by atoms with Gasteiger partial charge >= 0.3 is 5.97 Å². The van der Waals surface area contributed by atoms with Gasteiger partial charge in [-0.2, -0.15) is 0 Å². The lowest BCUT2D eigenvalue weighted by molar-refractivity contribution is -0.139. The molecule has 1 aliphatic heterocycles. The predicted octanol–water partition coefficient (Wildman–Crippen LogP) is 2.47. The van der Waals surface area contributed by atoms with E-state index < -0.39 is 0 Å². The third-order valence-corrected chi connectivity index (χ3v) is 3.87. The summed E-state index contributed by atoms with van der Waals surface area (Å²) in [6.07, 6.45) is 4.63. The molecule has 16 heavy (non-hydrogen) atoms. The third kappa shape index (κ3) is 2.28. The van der Waals surface area contributed by atoms with Gasteiger partial charge in [0.2, 0.25) is 0 Å². The maximum Gasteiger partial charge on any atom is 0.334 e. The molecule has 0 aromatic carbocycles. The van der Waals surface area contributed by atoms with Gasteiger partial charge in [0.1, 0.15) is 0 Å². The molecule has 0 aromatic rings. The smallest absolute Gasteiger partial charge is 0.334 e. The fourth-order valence-electron chi connectivity index (χ4n) is 2.51. The van der Waals surface area contributed by atoms with Gasteiger partial charge in [-0.3, -0.25) is 0 Å². The van der Waals surface area contributed by atoms with Crippen LogP contribution in [0.25, 0.3) is 0 Å². The number of allylic oxidation sites excluding steroid dienone is 1. The molecule has 1 aliphatic carbocycles. The zero-order chi connectivity index (χ0) is 11.6. The Kier molecular flexibility index (Phi) is 3.60. The van der Waals surface area contributed by atoms with E-state index in [1.165, 1.54) is 0 Å². The van der Waals surface area contributed by atoms with Crippen molar-refractivity contribution >= 4 is 18.6 Å². The topological polar surface area (TPSA) is 35.5 Å². The normalized spacial score (nSPS) is 29.9. The number of esters is 1. The summed E-state index contributed by atoms with van der Waals surface area (Å²) in [4.78, 5) is 12.6. The lowest BCUT2D eigenvalue weighted by atomic mass is 9.82. The molecule has 1 fully saturated rings. The van der Waals surface area contributed by atoms with Crippen molar-refractivity contribution in [3.05, 3.63) is 10.5 Å². The summed E-state index contributed by atoms with van der Waals surface area (Å²) < 4.78 is 10.9. The maximum atomic E-state index is 11.8. The van der Waals surface area contributed by atoms with Crippen LogP contribution >= 0.6 is 12.6 Å². The molecule has 1 heterocycles. The second-order valence-corrected chi connectivity index (χ2v) is 5.00. The number of hydrogen-bond donors (Lipinski definition) is 1. The highest BCUT2D eigenvalue weighted by Crippen LogP contribution is 2.42. The Bertz CT molecular complexity index is 316. The van der Waals surface area contributed by atoms with Crippen molar-refractivity contribution in [1.82, 2.24) is 0 Å². The molecule has 0 amide bonds. The molecule has 3 nitrogen and oxygen atoms in total. The first-order valence-corrected chi connectivity index (χ1v) is 6.34. The molecule has 1 atom stereocenters. The molecule has 4 heteroatoms. The van der Waals surface area contributed by atoms with E-state index in [1.807, 2.05) is 6.92 Å². The monoisotopic (exact) mass is 242 g/mol. The van der Waals surface area contributed by atoms with Crippen LogP contribution in [0.3, 0.4) is 0 Å². The van der Waals surface area contributed by atoms with E-state index >= 15 is 0 Å². The van der Waals surface area contributed by atoms with Gasteiger partial charge in [0.15, 0.2) is 0 Å². The highest BCUT2D eigenvalue weighted by atomic mass is 32.1. The van der Waals surface area contributed by atoms with Crippen molar-refractivity contribution in [1.29, 1.82) is 0 Å². The molecule has 0 aromatic heterocycles. The van der Waals surface area contributed by atoms with Crippen molar-refractivity contribution in [3.8, 4) is 0 Å². The highest BCUT2D eigenvalue weighted by molar-refractivity contribution is 7.84. The lowest BCUT2D eigenvalue weighted by Gasteiger charge is -2.33. The Balaban J connectivity index is 2.13. The Hall–Kier alpha value is -0.480. The number of rotatable bonds is 2. The summed E-state index contributed by atoms with van der Waals surface area (Å²) in [7, 11) is 0. The molecule has 90 valence electrons. The fourth-order valence-corrected chi connectivity index (χ4v) is 2.79. The van der Waals surface area contributed by atoms with Gasteiger partial charge in [0.05, 0.1) is 12.2 Å². The van der Waals surface area contributed by atoms with Crippen molar-refractivity contribution in [2.24, 2.45) is 0 Å². The van der Waals surface area contributed by atoms with Crippen molar-refractivity contribution < 1.29 is 14.3 Å². The summed E-state index contributed by atoms with van der Waals surface area (Å²) in [5.41, 5.74) is 0.618. The standard InChI is InChI=1S/C12H18O3S/c1-2-14-11(13)9-8-12(5-3-7-15-12)6-4-10(9)16/h16H,2-8H2,1H3. The SMILES string of the molecule is CCOC(=O)C1=C(S)CCC2(CCCO2)C1. The Morgan fingerprint density at radius 3 is 3.00 bits per heavy atom. The molecule has 1 unspecified atom stereocenters. The van der Waals surface area contributed by atoms with Gasteiger partial charge in [0, 0.05) is 18.6 Å². The first-order chi connectivity index (χ1) is 7.67. The van der Waals surface area contributed by atoms with Crippen LogP contribution in [-0.4, -0.2) is 24.8 Å². The summed E-state index contributed by atoms with van der Waals surface area (Å²) in [6.45, 7) is 3.05. The van der Waals surface area contributed by atoms with E-state index in [4.69, 9.17) is 9.47 Å². The summed E-state index contributed by atoms with van der Waals surface area (Å²) in [5.74, 6) is -0.220. The van der Waals surface area contributed by atoms with Gasteiger partial charge < -0.3 is 9.47 Å². The fraction of sp³-hybridized carbons (Fsp3) is 0.750. The van der Waals surface area contributed by atoms with Crippen LogP contribution in [0.2, 0.25) is 0 Å². The van der Waals surface area contributed by atoms with Gasteiger partial charge in [-0.1, -0.05) is 0 Å². The zero-order valence-corrected chi connectivity index (χ0v) is 10.5. The Labute approximate surface area is 102 Å². The first kappa shape index (κ1) is 12.0. The molecule has 2 aliphatic rings. The van der Waals surface area contributed by atoms with E-state index in [0.29, 0.717) is 13.0 Å². The van der Waals surface area contributed by atoms with Gasteiger partial charge in [-0.25, -0.2) is 4.79 Å². The van der Waals surface area contributed by atoms with Crippen LogP contribution in [-0.2, 0) is 14.3 Å². The molecule has 1 saturated heterocycles. The largest absolute Gasteiger partial charge is 0.463 e. The van der Waals surface area contributed by atoms with E-state index in [-0.39, 0.29) is 11.6 Å². The quantitative estimate of drug-likeness (QED) is 0.597. The summed E-state index contributed by atoms with van der Waals surface area (Å²) in [6, 6.07) is 0. The summed E-state index contributed by atoms with van der Waals surface area (Å²) >= 11 is 4.39. The predicted molar refractivity (Wildman–Crippen MR) is 64.4 cm³/mol. The number of carbonyl (C=O) groups excluding carboxylic acids is 1. The third-order valence-electron chi connectivity index (χ3n) is 3.37. The molecular formula is C12H18O3S. The van der Waals surface area contributed by atoms with Crippen molar-refractivity contribution in [2.75, 3.05) is 13.2 Å². The van der Waals surface area contributed by atoms with Crippen LogP contribution in [0.15, 0.2) is 10.5 Å². The molecule has 2 rings (SSSR count). The second-order valence-electron chi connectivity index (χ2n) is 4.46. The number of ether oxygens (including phenoxy) is 2. The minimum absolute atomic E-state index is 0.103.